The highest BCUT2D eigenvalue weighted by atomic mass is 35.5. The summed E-state index contributed by atoms with van der Waals surface area (Å²) in [4.78, 5) is 0. The van der Waals surface area contributed by atoms with E-state index in [0.29, 0.717) is 6.61 Å². The van der Waals surface area contributed by atoms with Crippen molar-refractivity contribution in [3.63, 3.8) is 0 Å². The highest BCUT2D eigenvalue weighted by molar-refractivity contribution is 6.31. The molecule has 22 heavy (non-hydrogen) atoms. The van der Waals surface area contributed by atoms with Gasteiger partial charge in [-0.2, -0.15) is 0 Å². The van der Waals surface area contributed by atoms with E-state index in [0.717, 1.165) is 28.4 Å². The number of hydrogen-bond acceptors (Lipinski definition) is 4. The maximum Gasteiger partial charge on any atom is 0.119 e. The molecule has 0 radical (unpaired) electrons. The Morgan fingerprint density at radius 3 is 2.68 bits per heavy atom. The van der Waals surface area contributed by atoms with Crippen molar-refractivity contribution in [3.8, 4) is 5.75 Å². The van der Waals surface area contributed by atoms with Gasteiger partial charge in [0.25, 0.3) is 0 Å². The number of nitrogen functional groups attached to an aromatic ring is 1. The number of aryl methyl sites for hydroxylation is 1. The smallest absolute Gasteiger partial charge is 0.119 e. The van der Waals surface area contributed by atoms with Crippen LogP contribution in [-0.2, 0) is 0 Å². The fraction of sp³-hybridized carbons (Fsp3) is 0.294. The summed E-state index contributed by atoms with van der Waals surface area (Å²) in [6.07, 6.45) is 0.969. The van der Waals surface area contributed by atoms with Crippen LogP contribution in [0.25, 0.3) is 0 Å². The number of hydrazine groups is 1. The van der Waals surface area contributed by atoms with Crippen LogP contribution in [0.2, 0.25) is 5.02 Å². The summed E-state index contributed by atoms with van der Waals surface area (Å²) in [5.74, 6) is 0.847. The molecular formula is C17H20ClN3O. The number of anilines is 1. The molecule has 3 rings (SSSR count). The summed E-state index contributed by atoms with van der Waals surface area (Å²) in [7, 11) is 0. The van der Waals surface area contributed by atoms with Crippen LogP contribution in [-0.4, -0.2) is 12.6 Å². The van der Waals surface area contributed by atoms with Gasteiger partial charge >= 0.3 is 0 Å². The van der Waals surface area contributed by atoms with Gasteiger partial charge in [0.2, 0.25) is 0 Å². The number of rotatable bonds is 4. The van der Waals surface area contributed by atoms with Gasteiger partial charge in [-0.05, 0) is 54.8 Å². The highest BCUT2D eigenvalue weighted by Gasteiger charge is 2.25. The Labute approximate surface area is 135 Å². The molecule has 5 heteroatoms. The van der Waals surface area contributed by atoms with Gasteiger partial charge in [-0.3, -0.25) is 5.43 Å². The molecule has 0 saturated carbocycles. The molecule has 0 spiro atoms. The summed E-state index contributed by atoms with van der Waals surface area (Å²) in [6.45, 7) is 2.58. The van der Waals surface area contributed by atoms with E-state index in [9.17, 15) is 0 Å². The van der Waals surface area contributed by atoms with E-state index in [2.05, 4.69) is 23.0 Å². The average molecular weight is 318 g/mol. The number of ether oxygens (including phenoxy) is 1. The van der Waals surface area contributed by atoms with Crippen LogP contribution in [0, 0.1) is 6.92 Å². The van der Waals surface area contributed by atoms with Crippen molar-refractivity contribution in [2.45, 2.75) is 25.4 Å². The van der Waals surface area contributed by atoms with Crippen LogP contribution >= 0.6 is 11.6 Å². The van der Waals surface area contributed by atoms with E-state index in [1.807, 2.05) is 37.3 Å². The summed E-state index contributed by atoms with van der Waals surface area (Å²) < 4.78 is 5.85. The summed E-state index contributed by atoms with van der Waals surface area (Å²) in [5.41, 5.74) is 15.4. The van der Waals surface area contributed by atoms with Crippen molar-refractivity contribution in [1.82, 2.24) is 10.9 Å². The van der Waals surface area contributed by atoms with Crippen molar-refractivity contribution in [2.24, 2.45) is 0 Å². The van der Waals surface area contributed by atoms with E-state index in [-0.39, 0.29) is 12.1 Å². The lowest BCUT2D eigenvalue weighted by molar-refractivity contribution is 0.272. The number of halogens is 1. The van der Waals surface area contributed by atoms with Gasteiger partial charge in [-0.25, -0.2) is 5.43 Å². The molecule has 1 fully saturated rings. The van der Waals surface area contributed by atoms with E-state index < -0.39 is 0 Å². The molecule has 4 N–H and O–H groups in total. The molecule has 2 aromatic rings. The van der Waals surface area contributed by atoms with Crippen LogP contribution in [0.3, 0.4) is 0 Å². The first-order valence-corrected chi connectivity index (χ1v) is 7.75. The topological polar surface area (TPSA) is 59.3 Å². The third-order valence-electron chi connectivity index (χ3n) is 3.90. The second-order valence-corrected chi connectivity index (χ2v) is 6.07. The van der Waals surface area contributed by atoms with E-state index >= 15 is 0 Å². The third-order valence-corrected chi connectivity index (χ3v) is 4.33. The van der Waals surface area contributed by atoms with Crippen molar-refractivity contribution in [1.29, 1.82) is 0 Å². The molecule has 1 aliphatic rings. The lowest BCUT2D eigenvalue weighted by Crippen LogP contribution is -2.34. The second kappa shape index (κ2) is 6.57. The zero-order chi connectivity index (χ0) is 15.5. The van der Waals surface area contributed by atoms with Gasteiger partial charge < -0.3 is 10.5 Å². The first kappa shape index (κ1) is 15.2. The molecule has 0 amide bonds. The summed E-state index contributed by atoms with van der Waals surface area (Å²) in [5, 5.41) is 0.761. The standard InChI is InChI=1S/C17H20ClN3O/c1-11-8-15(6-7-16(11)18)22-10-14-9-17(21-20-14)12-2-4-13(19)5-3-12/h2-8,14,17,20-21H,9-10,19H2,1H3. The Kier molecular flexibility index (Phi) is 4.52. The molecule has 116 valence electrons. The molecule has 2 aromatic carbocycles. The predicted octanol–water partition coefficient (Wildman–Crippen LogP) is 3.22. The van der Waals surface area contributed by atoms with E-state index in [1.165, 1.54) is 5.56 Å². The van der Waals surface area contributed by atoms with E-state index in [4.69, 9.17) is 22.1 Å². The Hall–Kier alpha value is -1.75. The molecule has 1 heterocycles. The molecular weight excluding hydrogens is 298 g/mol. The molecule has 0 aliphatic carbocycles. The zero-order valence-electron chi connectivity index (χ0n) is 12.5. The first-order valence-electron chi connectivity index (χ1n) is 7.37. The maximum atomic E-state index is 6.02. The zero-order valence-corrected chi connectivity index (χ0v) is 13.2. The van der Waals surface area contributed by atoms with Crippen molar-refractivity contribution in [2.75, 3.05) is 12.3 Å². The molecule has 0 bridgehead atoms. The minimum absolute atomic E-state index is 0.263. The fourth-order valence-electron chi connectivity index (χ4n) is 2.58. The largest absolute Gasteiger partial charge is 0.492 e. The lowest BCUT2D eigenvalue weighted by Gasteiger charge is -2.12. The Morgan fingerprint density at radius 1 is 1.18 bits per heavy atom. The van der Waals surface area contributed by atoms with Gasteiger partial charge in [0.1, 0.15) is 12.4 Å². The van der Waals surface area contributed by atoms with Gasteiger partial charge in [-0.1, -0.05) is 23.7 Å². The van der Waals surface area contributed by atoms with Crippen LogP contribution in [0.4, 0.5) is 5.69 Å². The quantitative estimate of drug-likeness (QED) is 0.758. The summed E-state index contributed by atoms with van der Waals surface area (Å²) >= 11 is 6.02. The van der Waals surface area contributed by atoms with Crippen LogP contribution in [0.1, 0.15) is 23.6 Å². The minimum atomic E-state index is 0.263. The molecule has 0 aromatic heterocycles. The van der Waals surface area contributed by atoms with Gasteiger partial charge in [0, 0.05) is 16.8 Å². The number of nitrogens with two attached hydrogens (primary N) is 1. The monoisotopic (exact) mass is 317 g/mol. The summed E-state index contributed by atoms with van der Waals surface area (Å²) in [6, 6.07) is 14.2. The Bertz CT molecular complexity index is 645. The van der Waals surface area contributed by atoms with Gasteiger partial charge in [0.05, 0.1) is 6.04 Å². The van der Waals surface area contributed by atoms with Crippen molar-refractivity contribution < 1.29 is 4.74 Å². The molecule has 2 atom stereocenters. The Morgan fingerprint density at radius 2 is 1.95 bits per heavy atom. The van der Waals surface area contributed by atoms with Crippen molar-refractivity contribution in [3.05, 3.63) is 58.6 Å². The highest BCUT2D eigenvalue weighted by Crippen LogP contribution is 2.25. The van der Waals surface area contributed by atoms with Gasteiger partial charge in [0.15, 0.2) is 0 Å². The van der Waals surface area contributed by atoms with Gasteiger partial charge in [-0.15, -0.1) is 0 Å². The minimum Gasteiger partial charge on any atom is -0.492 e. The number of hydrogen-bond donors (Lipinski definition) is 3. The normalized spacial score (nSPS) is 21.0. The number of benzene rings is 2. The maximum absolute atomic E-state index is 6.02. The molecule has 4 nitrogen and oxygen atoms in total. The second-order valence-electron chi connectivity index (χ2n) is 5.66. The lowest BCUT2D eigenvalue weighted by atomic mass is 10.0. The molecule has 1 aliphatic heterocycles. The average Bonchev–Trinajstić information content (AvgIpc) is 2.98. The van der Waals surface area contributed by atoms with Crippen LogP contribution < -0.4 is 21.3 Å². The first-order chi connectivity index (χ1) is 10.6. The Balaban J connectivity index is 1.54. The van der Waals surface area contributed by atoms with Crippen LogP contribution in [0.5, 0.6) is 5.75 Å². The predicted molar refractivity (Wildman–Crippen MR) is 90.0 cm³/mol. The number of nitrogens with one attached hydrogen (secondary N) is 2. The fourth-order valence-corrected chi connectivity index (χ4v) is 2.70. The SMILES string of the molecule is Cc1cc(OCC2CC(c3ccc(N)cc3)NN2)ccc1Cl. The van der Waals surface area contributed by atoms with Crippen LogP contribution in [0.15, 0.2) is 42.5 Å². The molecule has 2 unspecified atom stereocenters. The third kappa shape index (κ3) is 3.53. The van der Waals surface area contributed by atoms with Crippen molar-refractivity contribution >= 4 is 17.3 Å². The molecule has 1 saturated heterocycles. The van der Waals surface area contributed by atoms with E-state index in [1.54, 1.807) is 0 Å².